The average Bonchev–Trinajstić information content (AvgIpc) is 2.97. The fraction of sp³-hybridized carbons (Fsp3) is 0.562. The third-order valence-electron chi connectivity index (χ3n) is 3.84. The van der Waals surface area contributed by atoms with Crippen molar-refractivity contribution in [3.8, 4) is 5.75 Å². The van der Waals surface area contributed by atoms with Gasteiger partial charge in [-0.2, -0.15) is 0 Å². The second-order valence-corrected chi connectivity index (χ2v) is 5.27. The van der Waals surface area contributed by atoms with Gasteiger partial charge in [0.2, 0.25) is 5.91 Å². The van der Waals surface area contributed by atoms with Crippen LogP contribution < -0.4 is 15.4 Å². The fourth-order valence-corrected chi connectivity index (χ4v) is 2.52. The zero-order valence-electron chi connectivity index (χ0n) is 12.9. The Morgan fingerprint density at radius 1 is 1.38 bits per heavy atom. The highest BCUT2D eigenvalue weighted by Gasteiger charge is 2.33. The number of ether oxygens (including phenoxy) is 2. The zero-order chi connectivity index (χ0) is 15.2. The summed E-state index contributed by atoms with van der Waals surface area (Å²) >= 11 is 0. The van der Waals surface area contributed by atoms with E-state index < -0.39 is 0 Å². The standard InChI is InChI=1S/C16H24N2O3/c1-4-21-13-7-5-12(6-8-13)11(2)18-16(19)14-9-20-10-15(14)17-3/h5-8,11,14-15,17H,4,9-10H2,1-3H3,(H,18,19). The Hall–Kier alpha value is -1.59. The number of amides is 1. The Morgan fingerprint density at radius 2 is 2.10 bits per heavy atom. The molecule has 3 atom stereocenters. The number of carbonyl (C=O) groups excluding carboxylic acids is 1. The first-order valence-electron chi connectivity index (χ1n) is 7.43. The molecule has 1 aliphatic rings. The van der Waals surface area contributed by atoms with Gasteiger partial charge in [-0.25, -0.2) is 0 Å². The van der Waals surface area contributed by atoms with Gasteiger partial charge in [0.1, 0.15) is 5.75 Å². The van der Waals surface area contributed by atoms with E-state index in [1.54, 1.807) is 0 Å². The second kappa shape index (κ2) is 7.43. The monoisotopic (exact) mass is 292 g/mol. The lowest BCUT2D eigenvalue weighted by atomic mass is 10.0. The Labute approximate surface area is 126 Å². The van der Waals surface area contributed by atoms with Crippen molar-refractivity contribution in [3.05, 3.63) is 29.8 Å². The summed E-state index contributed by atoms with van der Waals surface area (Å²) in [5.41, 5.74) is 1.06. The lowest BCUT2D eigenvalue weighted by molar-refractivity contribution is -0.126. The SMILES string of the molecule is CCOc1ccc(C(C)NC(=O)C2COCC2NC)cc1. The van der Waals surface area contributed by atoms with E-state index in [4.69, 9.17) is 9.47 Å². The minimum Gasteiger partial charge on any atom is -0.494 e. The molecule has 116 valence electrons. The molecule has 1 saturated heterocycles. The Morgan fingerprint density at radius 3 is 2.71 bits per heavy atom. The highest BCUT2D eigenvalue weighted by Crippen LogP contribution is 2.19. The molecule has 21 heavy (non-hydrogen) atoms. The van der Waals surface area contributed by atoms with Gasteiger partial charge in [-0.05, 0) is 38.6 Å². The number of nitrogens with one attached hydrogen (secondary N) is 2. The molecule has 1 aromatic rings. The topological polar surface area (TPSA) is 59.6 Å². The molecule has 2 rings (SSSR count). The highest BCUT2D eigenvalue weighted by molar-refractivity contribution is 5.80. The lowest BCUT2D eigenvalue weighted by Crippen LogP contribution is -2.43. The van der Waals surface area contributed by atoms with Crippen molar-refractivity contribution < 1.29 is 14.3 Å². The van der Waals surface area contributed by atoms with Gasteiger partial charge in [0, 0.05) is 6.04 Å². The van der Waals surface area contributed by atoms with Crippen LogP contribution in [0, 0.1) is 5.92 Å². The first-order valence-corrected chi connectivity index (χ1v) is 7.43. The first kappa shape index (κ1) is 15.8. The third kappa shape index (κ3) is 3.95. The number of hydrogen-bond donors (Lipinski definition) is 2. The molecule has 5 nitrogen and oxygen atoms in total. The Bertz CT molecular complexity index is 461. The molecule has 5 heteroatoms. The summed E-state index contributed by atoms with van der Waals surface area (Å²) in [6.07, 6.45) is 0. The molecule has 0 spiro atoms. The molecule has 3 unspecified atom stereocenters. The maximum Gasteiger partial charge on any atom is 0.227 e. The van der Waals surface area contributed by atoms with E-state index in [1.807, 2.05) is 45.2 Å². The number of likely N-dealkylation sites (N-methyl/N-ethyl adjacent to an activating group) is 1. The smallest absolute Gasteiger partial charge is 0.227 e. The number of carbonyl (C=O) groups is 1. The van der Waals surface area contributed by atoms with Crippen LogP contribution in [0.4, 0.5) is 0 Å². The molecule has 2 N–H and O–H groups in total. The van der Waals surface area contributed by atoms with Crippen LogP contribution in [0.25, 0.3) is 0 Å². The molecule has 1 aliphatic heterocycles. The van der Waals surface area contributed by atoms with Crippen molar-refractivity contribution in [1.29, 1.82) is 0 Å². The van der Waals surface area contributed by atoms with Gasteiger partial charge in [0.05, 0.1) is 31.8 Å². The van der Waals surface area contributed by atoms with Gasteiger partial charge in [-0.3, -0.25) is 4.79 Å². The van der Waals surface area contributed by atoms with Crippen molar-refractivity contribution in [3.63, 3.8) is 0 Å². The Balaban J connectivity index is 1.94. The maximum atomic E-state index is 12.3. The van der Waals surface area contributed by atoms with Crippen molar-refractivity contribution in [2.45, 2.75) is 25.9 Å². The summed E-state index contributed by atoms with van der Waals surface area (Å²) < 4.78 is 10.8. The van der Waals surface area contributed by atoms with Crippen LogP contribution in [-0.2, 0) is 9.53 Å². The summed E-state index contributed by atoms with van der Waals surface area (Å²) in [5, 5.41) is 6.18. The van der Waals surface area contributed by atoms with Crippen LogP contribution in [0.1, 0.15) is 25.5 Å². The molecular formula is C16H24N2O3. The van der Waals surface area contributed by atoms with Crippen molar-refractivity contribution in [2.75, 3.05) is 26.9 Å². The van der Waals surface area contributed by atoms with E-state index in [0.29, 0.717) is 19.8 Å². The predicted molar refractivity (Wildman–Crippen MR) is 81.3 cm³/mol. The molecule has 1 heterocycles. The van der Waals surface area contributed by atoms with Crippen molar-refractivity contribution in [2.24, 2.45) is 5.92 Å². The highest BCUT2D eigenvalue weighted by atomic mass is 16.5. The third-order valence-corrected chi connectivity index (χ3v) is 3.84. The van der Waals surface area contributed by atoms with E-state index >= 15 is 0 Å². The van der Waals surface area contributed by atoms with E-state index in [1.165, 1.54) is 0 Å². The maximum absolute atomic E-state index is 12.3. The molecular weight excluding hydrogens is 268 g/mol. The fourth-order valence-electron chi connectivity index (χ4n) is 2.52. The summed E-state index contributed by atoms with van der Waals surface area (Å²) in [6.45, 7) is 5.66. The van der Waals surface area contributed by atoms with E-state index in [0.717, 1.165) is 11.3 Å². The van der Waals surface area contributed by atoms with Crippen LogP contribution in [0.2, 0.25) is 0 Å². The van der Waals surface area contributed by atoms with Gasteiger partial charge >= 0.3 is 0 Å². The van der Waals surface area contributed by atoms with Crippen LogP contribution in [0.5, 0.6) is 5.75 Å². The largest absolute Gasteiger partial charge is 0.494 e. The summed E-state index contributed by atoms with van der Waals surface area (Å²) in [6, 6.07) is 7.88. The van der Waals surface area contributed by atoms with Crippen LogP contribution >= 0.6 is 0 Å². The predicted octanol–water partition coefficient (Wildman–Crippen LogP) is 1.50. The minimum absolute atomic E-state index is 0.0354. The molecule has 1 aromatic carbocycles. The van der Waals surface area contributed by atoms with Gasteiger partial charge in [0.15, 0.2) is 0 Å². The second-order valence-electron chi connectivity index (χ2n) is 5.27. The quantitative estimate of drug-likeness (QED) is 0.834. The van der Waals surface area contributed by atoms with Gasteiger partial charge in [0.25, 0.3) is 0 Å². The van der Waals surface area contributed by atoms with Crippen LogP contribution in [0.3, 0.4) is 0 Å². The van der Waals surface area contributed by atoms with Gasteiger partial charge in [-0.15, -0.1) is 0 Å². The van der Waals surface area contributed by atoms with Gasteiger partial charge in [-0.1, -0.05) is 12.1 Å². The first-order chi connectivity index (χ1) is 10.2. The normalized spacial score (nSPS) is 22.8. The molecule has 0 bridgehead atoms. The van der Waals surface area contributed by atoms with E-state index in [9.17, 15) is 4.79 Å². The minimum atomic E-state index is -0.125. The Kier molecular flexibility index (Phi) is 5.59. The lowest BCUT2D eigenvalue weighted by Gasteiger charge is -2.20. The summed E-state index contributed by atoms with van der Waals surface area (Å²) in [7, 11) is 1.86. The number of benzene rings is 1. The van der Waals surface area contributed by atoms with Crippen LogP contribution in [-0.4, -0.2) is 38.8 Å². The molecule has 0 radical (unpaired) electrons. The van der Waals surface area contributed by atoms with Crippen LogP contribution in [0.15, 0.2) is 24.3 Å². The van der Waals surface area contributed by atoms with E-state index in [2.05, 4.69) is 10.6 Å². The van der Waals surface area contributed by atoms with Crippen molar-refractivity contribution in [1.82, 2.24) is 10.6 Å². The summed E-state index contributed by atoms with van der Waals surface area (Å²) in [4.78, 5) is 12.3. The molecule has 0 aromatic heterocycles. The van der Waals surface area contributed by atoms with Crippen molar-refractivity contribution >= 4 is 5.91 Å². The molecule has 1 amide bonds. The molecule has 1 fully saturated rings. The average molecular weight is 292 g/mol. The molecule has 0 aliphatic carbocycles. The van der Waals surface area contributed by atoms with E-state index in [-0.39, 0.29) is 23.9 Å². The molecule has 0 saturated carbocycles. The number of rotatable bonds is 6. The summed E-state index contributed by atoms with van der Waals surface area (Å²) in [5.74, 6) is 0.757. The zero-order valence-corrected chi connectivity index (χ0v) is 12.9. The number of hydrogen-bond acceptors (Lipinski definition) is 4. The van der Waals surface area contributed by atoms with Gasteiger partial charge < -0.3 is 20.1 Å².